The van der Waals surface area contributed by atoms with E-state index in [-0.39, 0.29) is 5.41 Å². The Hall–Kier alpha value is -0.530. The van der Waals surface area contributed by atoms with Crippen LogP contribution in [0.2, 0.25) is 0 Å². The third-order valence-corrected chi connectivity index (χ3v) is 5.80. The van der Waals surface area contributed by atoms with Crippen molar-refractivity contribution in [1.82, 2.24) is 0 Å². The van der Waals surface area contributed by atoms with Gasteiger partial charge in [0.15, 0.2) is 0 Å². The molecule has 18 heavy (non-hydrogen) atoms. The van der Waals surface area contributed by atoms with Crippen LogP contribution in [0.3, 0.4) is 0 Å². The van der Waals surface area contributed by atoms with E-state index < -0.39 is 5.97 Å². The Morgan fingerprint density at radius 2 is 1.67 bits per heavy atom. The van der Waals surface area contributed by atoms with E-state index in [2.05, 4.69) is 13.8 Å². The largest absolute Gasteiger partial charge is 0.481 e. The van der Waals surface area contributed by atoms with Gasteiger partial charge in [-0.2, -0.15) is 0 Å². The van der Waals surface area contributed by atoms with E-state index in [1.54, 1.807) is 0 Å². The Morgan fingerprint density at radius 3 is 2.11 bits per heavy atom. The molecule has 0 aromatic rings. The SMILES string of the molecule is CCC1CCC(C2(C(=O)O)CCC(C)CC2)CC1. The molecule has 0 aliphatic heterocycles. The predicted molar refractivity (Wildman–Crippen MR) is 73.4 cm³/mol. The van der Waals surface area contributed by atoms with Crippen molar-refractivity contribution in [2.24, 2.45) is 23.2 Å². The van der Waals surface area contributed by atoms with Gasteiger partial charge in [-0.3, -0.25) is 4.79 Å². The summed E-state index contributed by atoms with van der Waals surface area (Å²) < 4.78 is 0. The molecule has 0 spiro atoms. The van der Waals surface area contributed by atoms with Crippen molar-refractivity contribution >= 4 is 5.97 Å². The lowest BCUT2D eigenvalue weighted by Gasteiger charge is -2.44. The van der Waals surface area contributed by atoms with E-state index in [4.69, 9.17) is 0 Å². The maximum Gasteiger partial charge on any atom is 0.309 e. The van der Waals surface area contributed by atoms with E-state index >= 15 is 0 Å². The zero-order chi connectivity index (χ0) is 13.2. The van der Waals surface area contributed by atoms with Crippen LogP contribution in [0.4, 0.5) is 0 Å². The standard InChI is InChI=1S/C16H28O2/c1-3-13-4-6-14(7-5-13)16(15(17)18)10-8-12(2)9-11-16/h12-14H,3-11H2,1-2H3,(H,17,18). The highest BCUT2D eigenvalue weighted by molar-refractivity contribution is 5.75. The van der Waals surface area contributed by atoms with Crippen LogP contribution in [0.15, 0.2) is 0 Å². The Morgan fingerprint density at radius 1 is 1.11 bits per heavy atom. The van der Waals surface area contributed by atoms with Crippen molar-refractivity contribution in [2.75, 3.05) is 0 Å². The van der Waals surface area contributed by atoms with Crippen molar-refractivity contribution in [1.29, 1.82) is 0 Å². The molecule has 2 rings (SSSR count). The summed E-state index contributed by atoms with van der Waals surface area (Å²) in [5.41, 5.74) is -0.370. The Bertz CT molecular complexity index is 281. The second-order valence-electron chi connectivity index (χ2n) is 6.77. The Labute approximate surface area is 111 Å². The van der Waals surface area contributed by atoms with Gasteiger partial charge in [-0.1, -0.05) is 33.1 Å². The molecule has 0 aromatic carbocycles. The molecule has 0 saturated heterocycles. The Kier molecular flexibility index (Phi) is 4.34. The maximum atomic E-state index is 11.8. The van der Waals surface area contributed by atoms with E-state index in [9.17, 15) is 9.90 Å². The molecule has 2 fully saturated rings. The van der Waals surface area contributed by atoms with Crippen LogP contribution in [0, 0.1) is 23.2 Å². The lowest BCUT2D eigenvalue weighted by atomic mass is 9.59. The minimum atomic E-state index is -0.505. The zero-order valence-electron chi connectivity index (χ0n) is 12.0. The second-order valence-corrected chi connectivity index (χ2v) is 6.77. The van der Waals surface area contributed by atoms with Crippen molar-refractivity contribution in [3.63, 3.8) is 0 Å². The fraction of sp³-hybridized carbons (Fsp3) is 0.938. The third kappa shape index (κ3) is 2.57. The van der Waals surface area contributed by atoms with Gasteiger partial charge in [0.25, 0.3) is 0 Å². The summed E-state index contributed by atoms with van der Waals surface area (Å²) in [5, 5.41) is 9.75. The van der Waals surface area contributed by atoms with Gasteiger partial charge in [0.05, 0.1) is 5.41 Å². The van der Waals surface area contributed by atoms with Crippen LogP contribution >= 0.6 is 0 Å². The lowest BCUT2D eigenvalue weighted by Crippen LogP contribution is -2.43. The molecule has 2 saturated carbocycles. The monoisotopic (exact) mass is 252 g/mol. The smallest absolute Gasteiger partial charge is 0.309 e. The molecule has 2 aliphatic rings. The molecule has 0 bridgehead atoms. The minimum Gasteiger partial charge on any atom is -0.481 e. The fourth-order valence-corrected chi connectivity index (χ4v) is 4.20. The molecule has 2 nitrogen and oxygen atoms in total. The van der Waals surface area contributed by atoms with Gasteiger partial charge in [0.1, 0.15) is 0 Å². The summed E-state index contributed by atoms with van der Waals surface area (Å²) in [4.78, 5) is 11.8. The van der Waals surface area contributed by atoms with Gasteiger partial charge in [0, 0.05) is 0 Å². The molecule has 0 amide bonds. The normalized spacial score (nSPS) is 41.6. The number of carboxylic acids is 1. The summed E-state index contributed by atoms with van der Waals surface area (Å²) in [5.74, 6) is 1.53. The maximum absolute atomic E-state index is 11.8. The molecule has 0 atom stereocenters. The van der Waals surface area contributed by atoms with Crippen LogP contribution in [0.5, 0.6) is 0 Å². The first-order valence-electron chi connectivity index (χ1n) is 7.82. The van der Waals surface area contributed by atoms with Gasteiger partial charge in [-0.15, -0.1) is 0 Å². The number of hydrogen-bond acceptors (Lipinski definition) is 1. The second kappa shape index (κ2) is 5.63. The molecule has 0 unspecified atom stereocenters. The summed E-state index contributed by atoms with van der Waals surface area (Å²) in [7, 11) is 0. The number of rotatable bonds is 3. The average Bonchev–Trinajstić information content (AvgIpc) is 2.40. The number of hydrogen-bond donors (Lipinski definition) is 1. The molecule has 2 aliphatic carbocycles. The van der Waals surface area contributed by atoms with Crippen molar-refractivity contribution in [2.45, 2.75) is 71.6 Å². The van der Waals surface area contributed by atoms with E-state index in [0.29, 0.717) is 5.92 Å². The van der Waals surface area contributed by atoms with Crippen molar-refractivity contribution < 1.29 is 9.90 Å². The first kappa shape index (κ1) is 13.9. The van der Waals surface area contributed by atoms with Crippen LogP contribution < -0.4 is 0 Å². The predicted octanol–water partition coefficient (Wildman–Crippen LogP) is 4.48. The van der Waals surface area contributed by atoms with Gasteiger partial charge >= 0.3 is 5.97 Å². The highest BCUT2D eigenvalue weighted by Gasteiger charge is 2.47. The molecule has 0 aromatic heterocycles. The molecular formula is C16H28O2. The summed E-state index contributed by atoms with van der Waals surface area (Å²) in [6.07, 6.45) is 10.1. The Balaban J connectivity index is 2.05. The quantitative estimate of drug-likeness (QED) is 0.804. The first-order valence-corrected chi connectivity index (χ1v) is 7.82. The molecular weight excluding hydrogens is 224 g/mol. The van der Waals surface area contributed by atoms with Gasteiger partial charge in [-0.05, 0) is 56.3 Å². The average molecular weight is 252 g/mol. The topological polar surface area (TPSA) is 37.3 Å². The number of carbonyl (C=O) groups is 1. The van der Waals surface area contributed by atoms with Gasteiger partial charge in [-0.25, -0.2) is 0 Å². The van der Waals surface area contributed by atoms with E-state index in [1.165, 1.54) is 19.3 Å². The number of carboxylic acid groups (broad SMARTS) is 1. The van der Waals surface area contributed by atoms with Crippen LogP contribution in [-0.4, -0.2) is 11.1 Å². The van der Waals surface area contributed by atoms with Crippen molar-refractivity contribution in [3.05, 3.63) is 0 Å². The van der Waals surface area contributed by atoms with Gasteiger partial charge in [0.2, 0.25) is 0 Å². The summed E-state index contributed by atoms with van der Waals surface area (Å²) >= 11 is 0. The third-order valence-electron chi connectivity index (χ3n) is 5.80. The first-order chi connectivity index (χ1) is 8.58. The van der Waals surface area contributed by atoms with Crippen LogP contribution in [0.25, 0.3) is 0 Å². The molecule has 1 N–H and O–H groups in total. The van der Waals surface area contributed by atoms with Crippen molar-refractivity contribution in [3.8, 4) is 0 Å². The summed E-state index contributed by atoms with van der Waals surface area (Å²) in [6, 6.07) is 0. The molecule has 0 radical (unpaired) electrons. The lowest BCUT2D eigenvalue weighted by molar-refractivity contribution is -0.157. The van der Waals surface area contributed by atoms with E-state index in [1.807, 2.05) is 0 Å². The van der Waals surface area contributed by atoms with E-state index in [0.717, 1.165) is 50.4 Å². The summed E-state index contributed by atoms with van der Waals surface area (Å²) in [6.45, 7) is 4.53. The molecule has 2 heteroatoms. The minimum absolute atomic E-state index is 0.370. The highest BCUT2D eigenvalue weighted by atomic mass is 16.4. The molecule has 0 heterocycles. The van der Waals surface area contributed by atoms with Crippen LogP contribution in [0.1, 0.15) is 71.6 Å². The molecule has 104 valence electrons. The van der Waals surface area contributed by atoms with Gasteiger partial charge < -0.3 is 5.11 Å². The number of aliphatic carboxylic acids is 1. The fourth-order valence-electron chi connectivity index (χ4n) is 4.20. The highest BCUT2D eigenvalue weighted by Crippen LogP contribution is 2.50. The van der Waals surface area contributed by atoms with Crippen LogP contribution in [-0.2, 0) is 4.79 Å². The zero-order valence-corrected chi connectivity index (χ0v) is 12.0.